The fraction of sp³-hybridized carbons (Fsp3) is 0.800. The van der Waals surface area contributed by atoms with Gasteiger partial charge >= 0.3 is 5.97 Å². The molecule has 0 aromatic heterocycles. The molecule has 4 heteroatoms. The van der Waals surface area contributed by atoms with Crippen LogP contribution in [-0.4, -0.2) is 24.0 Å². The number of carbonyl (C=O) groups is 2. The van der Waals surface area contributed by atoms with Crippen molar-refractivity contribution in [2.24, 2.45) is 0 Å². The summed E-state index contributed by atoms with van der Waals surface area (Å²) in [5.74, 6) is -0.374. The zero-order valence-corrected chi connectivity index (χ0v) is 15.9. The van der Waals surface area contributed by atoms with Crippen LogP contribution in [0.3, 0.4) is 0 Å². The van der Waals surface area contributed by atoms with Crippen LogP contribution in [0.15, 0.2) is 12.7 Å². The SMILES string of the molecule is C=CCCCCCCCCCCC[C@@H](OC(C)=O)[C@H](C)NC(C)=O. The minimum Gasteiger partial charge on any atom is -0.460 e. The second kappa shape index (κ2) is 15.2. The van der Waals surface area contributed by atoms with E-state index in [4.69, 9.17) is 4.74 Å². The molecule has 0 rings (SSSR count). The Morgan fingerprint density at radius 1 is 0.958 bits per heavy atom. The third-order valence-electron chi connectivity index (χ3n) is 4.20. The average Bonchev–Trinajstić information content (AvgIpc) is 2.50. The molecule has 0 aliphatic carbocycles. The summed E-state index contributed by atoms with van der Waals surface area (Å²) in [7, 11) is 0. The highest BCUT2D eigenvalue weighted by Gasteiger charge is 2.20. The lowest BCUT2D eigenvalue weighted by molar-refractivity contribution is -0.148. The summed E-state index contributed by atoms with van der Waals surface area (Å²) in [6, 6.07) is -0.137. The van der Waals surface area contributed by atoms with Crippen molar-refractivity contribution in [1.82, 2.24) is 5.32 Å². The number of esters is 1. The smallest absolute Gasteiger partial charge is 0.302 e. The normalized spacial score (nSPS) is 13.1. The molecule has 1 N–H and O–H groups in total. The summed E-state index contributed by atoms with van der Waals surface area (Å²) in [5, 5.41) is 2.82. The number of hydrogen-bond acceptors (Lipinski definition) is 3. The van der Waals surface area contributed by atoms with Gasteiger partial charge in [0.1, 0.15) is 6.10 Å². The van der Waals surface area contributed by atoms with E-state index < -0.39 is 0 Å². The predicted octanol–water partition coefficient (Wildman–Crippen LogP) is 4.92. The molecule has 0 aliphatic heterocycles. The molecule has 0 radical (unpaired) electrons. The molecule has 24 heavy (non-hydrogen) atoms. The molecule has 0 fully saturated rings. The van der Waals surface area contributed by atoms with Gasteiger partial charge in [-0.1, -0.05) is 51.0 Å². The molecular weight excluding hydrogens is 302 g/mol. The van der Waals surface area contributed by atoms with Crippen molar-refractivity contribution in [2.75, 3.05) is 0 Å². The fourth-order valence-electron chi connectivity index (χ4n) is 2.91. The zero-order chi connectivity index (χ0) is 18.2. The van der Waals surface area contributed by atoms with Crippen molar-refractivity contribution in [2.45, 2.75) is 104 Å². The Bertz CT molecular complexity index is 355. The lowest BCUT2D eigenvalue weighted by Gasteiger charge is -2.24. The molecule has 0 aromatic rings. The van der Waals surface area contributed by atoms with Crippen LogP contribution in [0.1, 0.15) is 91.4 Å². The molecule has 0 saturated heterocycles. The van der Waals surface area contributed by atoms with Crippen LogP contribution in [0, 0.1) is 0 Å². The van der Waals surface area contributed by atoms with Gasteiger partial charge in [-0.05, 0) is 32.6 Å². The summed E-state index contributed by atoms with van der Waals surface area (Å²) in [6.07, 6.45) is 15.0. The maximum Gasteiger partial charge on any atom is 0.302 e. The highest BCUT2D eigenvalue weighted by molar-refractivity contribution is 5.73. The molecule has 0 unspecified atom stereocenters. The molecule has 4 nitrogen and oxygen atoms in total. The van der Waals surface area contributed by atoms with E-state index in [2.05, 4.69) is 11.9 Å². The molecule has 0 spiro atoms. The Morgan fingerprint density at radius 2 is 1.46 bits per heavy atom. The predicted molar refractivity (Wildman–Crippen MR) is 99.8 cm³/mol. The number of ether oxygens (including phenoxy) is 1. The van der Waals surface area contributed by atoms with Gasteiger partial charge in [0.15, 0.2) is 0 Å². The molecule has 1 amide bonds. The van der Waals surface area contributed by atoms with E-state index in [9.17, 15) is 9.59 Å². The summed E-state index contributed by atoms with van der Waals surface area (Å²) >= 11 is 0. The first-order chi connectivity index (χ1) is 11.5. The number of allylic oxidation sites excluding steroid dienone is 1. The van der Waals surface area contributed by atoms with Crippen LogP contribution in [0.25, 0.3) is 0 Å². The van der Waals surface area contributed by atoms with Crippen molar-refractivity contribution in [1.29, 1.82) is 0 Å². The molecule has 140 valence electrons. The van der Waals surface area contributed by atoms with Gasteiger partial charge < -0.3 is 10.1 Å². The van der Waals surface area contributed by atoms with E-state index in [1.165, 1.54) is 58.8 Å². The first-order valence-electron chi connectivity index (χ1n) is 9.52. The number of amides is 1. The topological polar surface area (TPSA) is 55.4 Å². The fourth-order valence-corrected chi connectivity index (χ4v) is 2.91. The molecular formula is C20H37NO3. The molecule has 0 aromatic carbocycles. The standard InChI is InChI=1S/C20H37NO3/c1-5-6-7-8-9-10-11-12-13-14-15-16-20(24-19(4)23)17(2)21-18(3)22/h5,17,20H,1,6-16H2,2-4H3,(H,21,22)/t17-,20+/m0/s1. The Balaban J connectivity index is 3.70. The monoisotopic (exact) mass is 339 g/mol. The average molecular weight is 340 g/mol. The highest BCUT2D eigenvalue weighted by atomic mass is 16.5. The zero-order valence-electron chi connectivity index (χ0n) is 15.9. The van der Waals surface area contributed by atoms with E-state index in [0.717, 1.165) is 25.7 Å². The summed E-state index contributed by atoms with van der Waals surface area (Å²) in [6.45, 7) is 8.54. The van der Waals surface area contributed by atoms with E-state index in [1.807, 2.05) is 13.0 Å². The van der Waals surface area contributed by atoms with Crippen LogP contribution < -0.4 is 5.32 Å². The quantitative estimate of drug-likeness (QED) is 0.262. The van der Waals surface area contributed by atoms with Crippen LogP contribution in [-0.2, 0) is 14.3 Å². The van der Waals surface area contributed by atoms with E-state index in [0.29, 0.717) is 0 Å². The first-order valence-corrected chi connectivity index (χ1v) is 9.52. The van der Waals surface area contributed by atoms with Gasteiger partial charge in [0.25, 0.3) is 0 Å². The number of unbranched alkanes of at least 4 members (excludes halogenated alkanes) is 9. The second-order valence-electron chi connectivity index (χ2n) is 6.69. The lowest BCUT2D eigenvalue weighted by Crippen LogP contribution is -2.42. The number of hydrogen-bond donors (Lipinski definition) is 1. The third-order valence-corrected chi connectivity index (χ3v) is 4.20. The maximum absolute atomic E-state index is 11.2. The van der Waals surface area contributed by atoms with E-state index >= 15 is 0 Å². The van der Waals surface area contributed by atoms with Gasteiger partial charge in [0.05, 0.1) is 6.04 Å². The number of nitrogens with one attached hydrogen (secondary N) is 1. The van der Waals surface area contributed by atoms with Crippen molar-refractivity contribution < 1.29 is 14.3 Å². The van der Waals surface area contributed by atoms with E-state index in [-0.39, 0.29) is 24.0 Å². The Hall–Kier alpha value is -1.32. The van der Waals surface area contributed by atoms with Gasteiger partial charge in [-0.25, -0.2) is 0 Å². The minimum atomic E-state index is -0.284. The van der Waals surface area contributed by atoms with Crippen molar-refractivity contribution in [3.63, 3.8) is 0 Å². The molecule has 0 bridgehead atoms. The molecule has 0 saturated carbocycles. The highest BCUT2D eigenvalue weighted by Crippen LogP contribution is 2.14. The van der Waals surface area contributed by atoms with Crippen LogP contribution >= 0.6 is 0 Å². The summed E-state index contributed by atoms with van der Waals surface area (Å²) in [4.78, 5) is 22.4. The van der Waals surface area contributed by atoms with Gasteiger partial charge in [-0.15, -0.1) is 6.58 Å². The second-order valence-corrected chi connectivity index (χ2v) is 6.69. The molecule has 0 heterocycles. The summed E-state index contributed by atoms with van der Waals surface area (Å²) < 4.78 is 5.34. The van der Waals surface area contributed by atoms with Gasteiger partial charge in [0.2, 0.25) is 5.91 Å². The number of rotatable bonds is 15. The van der Waals surface area contributed by atoms with Crippen LogP contribution in [0.4, 0.5) is 0 Å². The van der Waals surface area contributed by atoms with E-state index in [1.54, 1.807) is 0 Å². The number of carbonyl (C=O) groups excluding carboxylic acids is 2. The van der Waals surface area contributed by atoms with Crippen molar-refractivity contribution >= 4 is 11.9 Å². The van der Waals surface area contributed by atoms with Gasteiger partial charge in [-0.2, -0.15) is 0 Å². The molecule has 2 atom stereocenters. The van der Waals surface area contributed by atoms with Gasteiger partial charge in [0, 0.05) is 13.8 Å². The first kappa shape index (κ1) is 22.7. The van der Waals surface area contributed by atoms with Crippen molar-refractivity contribution in [3.8, 4) is 0 Å². The Morgan fingerprint density at radius 3 is 1.92 bits per heavy atom. The lowest BCUT2D eigenvalue weighted by atomic mass is 10.0. The maximum atomic E-state index is 11.2. The minimum absolute atomic E-state index is 0.0901. The van der Waals surface area contributed by atoms with Crippen molar-refractivity contribution in [3.05, 3.63) is 12.7 Å². The molecule has 0 aliphatic rings. The Labute approximate surface area is 148 Å². The summed E-state index contributed by atoms with van der Waals surface area (Å²) in [5.41, 5.74) is 0. The Kier molecular flexibility index (Phi) is 14.4. The largest absolute Gasteiger partial charge is 0.460 e. The third kappa shape index (κ3) is 14.3. The van der Waals surface area contributed by atoms with Gasteiger partial charge in [-0.3, -0.25) is 9.59 Å². The van der Waals surface area contributed by atoms with Crippen LogP contribution in [0.2, 0.25) is 0 Å². The van der Waals surface area contributed by atoms with Crippen LogP contribution in [0.5, 0.6) is 0 Å².